The van der Waals surface area contributed by atoms with E-state index in [4.69, 9.17) is 4.74 Å². The fourth-order valence-electron chi connectivity index (χ4n) is 12.8. The van der Waals surface area contributed by atoms with Crippen molar-refractivity contribution < 1.29 is 62.6 Å². The molecule has 0 aromatic carbocycles. The number of ether oxygens (including phenoxy) is 1. The number of carbonyl (C=O) groups excluding carboxylic acids is 11. The fourth-order valence-corrected chi connectivity index (χ4v) is 14.4. The van der Waals surface area contributed by atoms with Gasteiger partial charge in [0.2, 0.25) is 59.1 Å². The quantitative estimate of drug-likeness (QED) is 0.0468. The average Bonchev–Trinajstić information content (AvgIpc) is 0.808. The van der Waals surface area contributed by atoms with E-state index in [0.29, 0.717) is 18.6 Å². The van der Waals surface area contributed by atoms with Crippen LogP contribution >= 0.6 is 23.5 Å². The van der Waals surface area contributed by atoms with Gasteiger partial charge >= 0.3 is 0 Å². The molecule has 99 heavy (non-hydrogen) atoms. The van der Waals surface area contributed by atoms with Crippen LogP contribution < -0.4 is 21.3 Å². The second kappa shape index (κ2) is 42.2. The SMILES string of the molecule is C/C=C/C[C@@H](C)[C@@H](O)[C@H]1C(=O)N[C@@H](CC)C(=O)N(C)[C@H](SCCCN2CCCCC2)C(=O)N(C)[C@@H](CC(C)(C)OCSC)C(=O)N[C@@H](C(C)C)C(=O)N(C)[C@@H](CC(C)C)C(=O)N[C@@H](C)C(=O)N[C@H](C)C(=O)N(C)[C@@H](CC(C)C)C(=O)N(C)[C@@H](CC(C)C)C(=O)N(C)[C@@H](C(C)C)C(=O)N1C. The van der Waals surface area contributed by atoms with E-state index < -0.39 is 160 Å². The van der Waals surface area contributed by atoms with Crippen LogP contribution in [0.1, 0.15) is 182 Å². The summed E-state index contributed by atoms with van der Waals surface area (Å²) in [6.07, 6.45) is 8.51. The first-order valence-electron chi connectivity index (χ1n) is 35.9. The van der Waals surface area contributed by atoms with Gasteiger partial charge in [-0.15, -0.1) is 23.5 Å². The summed E-state index contributed by atoms with van der Waals surface area (Å²) in [7, 11) is 10.1. The first-order valence-corrected chi connectivity index (χ1v) is 38.3. The summed E-state index contributed by atoms with van der Waals surface area (Å²) < 4.78 is 6.27. The molecule has 0 spiro atoms. The van der Waals surface area contributed by atoms with Crippen molar-refractivity contribution in [1.29, 1.82) is 0 Å². The summed E-state index contributed by atoms with van der Waals surface area (Å²) >= 11 is 2.63. The minimum Gasteiger partial charge on any atom is -0.390 e. The Hall–Kier alpha value is -5.51. The number of piperidine rings is 1. The van der Waals surface area contributed by atoms with E-state index in [1.807, 2.05) is 60.8 Å². The van der Waals surface area contributed by atoms with Crippen LogP contribution in [0.2, 0.25) is 0 Å². The lowest BCUT2D eigenvalue weighted by atomic mass is 9.91. The maximum Gasteiger partial charge on any atom is 0.256 e. The van der Waals surface area contributed by atoms with Gasteiger partial charge in [-0.25, -0.2) is 0 Å². The van der Waals surface area contributed by atoms with Crippen molar-refractivity contribution in [2.24, 2.45) is 35.5 Å². The molecule has 0 bridgehead atoms. The highest BCUT2D eigenvalue weighted by atomic mass is 32.2. The molecule has 5 N–H and O–H groups in total. The zero-order chi connectivity index (χ0) is 75.8. The average molecular weight is 1440 g/mol. The van der Waals surface area contributed by atoms with Gasteiger partial charge in [0.15, 0.2) is 5.37 Å². The molecule has 2 aliphatic heterocycles. The molecule has 25 nitrogen and oxygen atoms in total. The topological polar surface area (TPSA) is 291 Å². The molecule has 0 unspecified atom stereocenters. The molecule has 2 saturated heterocycles. The second-order valence-corrected chi connectivity index (χ2v) is 32.2. The molecule has 2 rings (SSSR count). The number of hydrogen-bond donors (Lipinski definition) is 5. The van der Waals surface area contributed by atoms with Gasteiger partial charge in [0.05, 0.1) is 17.6 Å². The molecule has 2 heterocycles. The van der Waals surface area contributed by atoms with Crippen molar-refractivity contribution in [2.75, 3.05) is 86.9 Å². The Morgan fingerprint density at radius 1 is 0.545 bits per heavy atom. The van der Waals surface area contributed by atoms with E-state index >= 15 is 38.4 Å². The van der Waals surface area contributed by atoms with E-state index in [1.54, 1.807) is 61.5 Å². The third-order valence-electron chi connectivity index (χ3n) is 19.1. The van der Waals surface area contributed by atoms with E-state index in [-0.39, 0.29) is 55.8 Å². The maximum atomic E-state index is 15.7. The largest absolute Gasteiger partial charge is 0.390 e. The number of hydrogen-bond acceptors (Lipinski definition) is 16. The molecule has 0 aromatic rings. The standard InChI is InChI=1S/C72H130N12O13S2/c1-26-28-33-48(13)59(85)58-63(89)75-51(27-2)65(91)83(24)71(99-37-32-36-84-34-30-29-31-35-84)70(96)80(21)55(41-72(16,17)97-42-98-25)62(88)76-56(46(9)10)68(94)77(18)52(38-43(3)4)61(87)73-49(14)60(86)74-50(15)64(90)78(19)53(39-44(5)6)66(92)79(20)54(40-45(7)8)67(93)81(22)57(47(11)12)69(95)82(58)23/h26,28,43-59,71,85H,27,29-42H2,1-25H3,(H,73,87)(H,74,86)(H,75,89)(H,76,88)/b28-26+/t48-,49+,50-,51+,52+,53+,54+,55+,56+,57+,58+,59-,71-/m1/s1. The number of likely N-dealkylation sites (N-methyl/N-ethyl adjacent to an activating group) is 7. The highest BCUT2D eigenvalue weighted by molar-refractivity contribution is 8.00. The van der Waals surface area contributed by atoms with Gasteiger partial charge in [-0.05, 0) is 153 Å². The van der Waals surface area contributed by atoms with Gasteiger partial charge in [0, 0.05) is 55.8 Å². The third-order valence-corrected chi connectivity index (χ3v) is 20.8. The normalized spacial score (nSPS) is 26.8. The number of carbonyl (C=O) groups is 11. The Labute approximate surface area is 602 Å². The predicted octanol–water partition coefficient (Wildman–Crippen LogP) is 5.66. The second-order valence-electron chi connectivity index (χ2n) is 30.2. The lowest BCUT2D eigenvalue weighted by molar-refractivity contribution is -0.157. The van der Waals surface area contributed by atoms with Crippen LogP contribution in [0.25, 0.3) is 0 Å². The summed E-state index contributed by atoms with van der Waals surface area (Å²) in [5, 5.41) is 22.4. The van der Waals surface area contributed by atoms with Gasteiger partial charge in [0.25, 0.3) is 5.91 Å². The van der Waals surface area contributed by atoms with E-state index in [9.17, 15) is 19.5 Å². The first-order chi connectivity index (χ1) is 46.0. The Balaban J connectivity index is 3.17. The molecular formula is C72H130N12O13S2. The molecule has 568 valence electrons. The maximum absolute atomic E-state index is 15.7. The summed E-state index contributed by atoms with van der Waals surface area (Å²) in [6, 6.07) is -12.8. The van der Waals surface area contributed by atoms with Crippen molar-refractivity contribution in [2.45, 2.75) is 259 Å². The lowest BCUT2D eigenvalue weighted by Gasteiger charge is -2.41. The third kappa shape index (κ3) is 26.4. The van der Waals surface area contributed by atoms with Gasteiger partial charge in [-0.1, -0.05) is 102 Å². The van der Waals surface area contributed by atoms with Gasteiger partial charge in [-0.3, -0.25) is 52.7 Å². The number of aliphatic hydroxyl groups is 1. The molecule has 13 atom stereocenters. The van der Waals surface area contributed by atoms with Crippen LogP contribution in [0.15, 0.2) is 12.2 Å². The van der Waals surface area contributed by atoms with Crippen LogP contribution in [-0.4, -0.2) is 274 Å². The van der Waals surface area contributed by atoms with E-state index in [0.717, 1.165) is 43.8 Å². The van der Waals surface area contributed by atoms with Crippen molar-refractivity contribution in [1.82, 2.24) is 60.5 Å². The number of amides is 11. The zero-order valence-electron chi connectivity index (χ0n) is 64.9. The Kier molecular flexibility index (Phi) is 38.2. The zero-order valence-corrected chi connectivity index (χ0v) is 66.5. The van der Waals surface area contributed by atoms with Crippen LogP contribution in [0.3, 0.4) is 0 Å². The van der Waals surface area contributed by atoms with Crippen molar-refractivity contribution in [3.8, 4) is 0 Å². The minimum atomic E-state index is -1.65. The molecule has 2 fully saturated rings. The number of allylic oxidation sites excluding steroid dienone is 2. The van der Waals surface area contributed by atoms with Crippen LogP contribution in [0, 0.1) is 35.5 Å². The molecule has 0 aromatic heterocycles. The Bertz CT molecular complexity index is 2690. The van der Waals surface area contributed by atoms with E-state index in [1.165, 1.54) is 116 Å². The Morgan fingerprint density at radius 3 is 1.54 bits per heavy atom. The monoisotopic (exact) mass is 1430 g/mol. The van der Waals surface area contributed by atoms with Gasteiger partial charge in [0.1, 0.15) is 60.4 Å². The van der Waals surface area contributed by atoms with Crippen molar-refractivity contribution in [3.05, 3.63) is 12.2 Å². The van der Waals surface area contributed by atoms with Gasteiger partial charge in [-0.2, -0.15) is 0 Å². The summed E-state index contributed by atoms with van der Waals surface area (Å²) in [6.45, 7) is 32.5. The number of thioether (sulfide) groups is 2. The molecule has 0 saturated carbocycles. The molecule has 0 aliphatic carbocycles. The van der Waals surface area contributed by atoms with Crippen molar-refractivity contribution in [3.63, 3.8) is 0 Å². The molecular weight excluding hydrogens is 1300 g/mol. The number of nitrogens with zero attached hydrogens (tertiary/aromatic N) is 8. The molecule has 11 amide bonds. The van der Waals surface area contributed by atoms with Gasteiger partial charge < -0.3 is 70.3 Å². The summed E-state index contributed by atoms with van der Waals surface area (Å²) in [4.78, 5) is 177. The number of likely N-dealkylation sites (tertiary alicyclic amines) is 1. The molecule has 0 radical (unpaired) electrons. The highest BCUT2D eigenvalue weighted by Crippen LogP contribution is 2.29. The molecule has 27 heteroatoms. The number of aliphatic hydroxyl groups excluding tert-OH is 1. The fraction of sp³-hybridized carbons (Fsp3) is 0.819. The van der Waals surface area contributed by atoms with Crippen LogP contribution in [-0.2, 0) is 57.5 Å². The Morgan fingerprint density at radius 2 is 1.03 bits per heavy atom. The van der Waals surface area contributed by atoms with E-state index in [2.05, 4.69) is 26.2 Å². The minimum absolute atomic E-state index is 0.00494. The lowest BCUT2D eigenvalue weighted by Crippen LogP contribution is -2.64. The first kappa shape index (κ1) is 89.6. The van der Waals surface area contributed by atoms with Crippen LogP contribution in [0.4, 0.5) is 0 Å². The van der Waals surface area contributed by atoms with Crippen LogP contribution in [0.5, 0.6) is 0 Å². The molecule has 2 aliphatic rings. The summed E-state index contributed by atoms with van der Waals surface area (Å²) in [5.41, 5.74) is -1.05. The highest BCUT2D eigenvalue weighted by Gasteiger charge is 2.47. The smallest absolute Gasteiger partial charge is 0.256 e. The number of nitrogens with one attached hydrogen (secondary N) is 4. The number of rotatable bonds is 23. The predicted molar refractivity (Wildman–Crippen MR) is 393 cm³/mol. The van der Waals surface area contributed by atoms with Crippen molar-refractivity contribution >= 4 is 88.5 Å². The summed E-state index contributed by atoms with van der Waals surface area (Å²) in [5.74, 6) is -9.20.